The molecule has 0 bridgehead atoms. The van der Waals surface area contributed by atoms with Crippen LogP contribution < -0.4 is 10.1 Å². The molecule has 0 saturated heterocycles. The van der Waals surface area contributed by atoms with Crippen LogP contribution in [0.3, 0.4) is 0 Å². The summed E-state index contributed by atoms with van der Waals surface area (Å²) >= 11 is 6.72. The first-order chi connectivity index (χ1) is 9.04. The molecule has 0 atom stereocenters. The van der Waals surface area contributed by atoms with Crippen LogP contribution in [0.5, 0.6) is 5.75 Å². The van der Waals surface area contributed by atoms with Crippen molar-refractivity contribution in [2.45, 2.75) is 18.9 Å². The van der Waals surface area contributed by atoms with Gasteiger partial charge in [-0.25, -0.2) is 0 Å². The monoisotopic (exact) mass is 391 g/mol. The molecule has 0 spiro atoms. The van der Waals surface area contributed by atoms with Gasteiger partial charge in [-0.2, -0.15) is 0 Å². The van der Waals surface area contributed by atoms with Gasteiger partial charge in [0.2, 0.25) is 0 Å². The number of hydrogen-bond acceptors (Lipinski definition) is 3. The van der Waals surface area contributed by atoms with Crippen molar-refractivity contribution in [3.05, 3.63) is 27.1 Å². The van der Waals surface area contributed by atoms with Crippen LogP contribution in [0.4, 0.5) is 0 Å². The van der Waals surface area contributed by atoms with E-state index >= 15 is 0 Å². The van der Waals surface area contributed by atoms with Gasteiger partial charge in [0.1, 0.15) is 5.75 Å². The summed E-state index contributed by atoms with van der Waals surface area (Å²) in [4.78, 5) is 11.6. The summed E-state index contributed by atoms with van der Waals surface area (Å²) < 4.78 is 7.18. The standard InChI is InChI=1S/C13H15Br2NO3/c14-9-1-2-12(11(15)5-9)19-7-13(18)16-6-8-3-10(17)4-8/h1-2,5,8,10,17H,3-4,6-7H2,(H,16,18). The summed E-state index contributed by atoms with van der Waals surface area (Å²) in [6, 6.07) is 5.51. The van der Waals surface area contributed by atoms with Crippen molar-refractivity contribution in [3.63, 3.8) is 0 Å². The Bertz CT molecular complexity index is 461. The number of ether oxygens (including phenoxy) is 1. The van der Waals surface area contributed by atoms with Crippen molar-refractivity contribution < 1.29 is 14.6 Å². The Morgan fingerprint density at radius 2 is 2.16 bits per heavy atom. The van der Waals surface area contributed by atoms with E-state index in [4.69, 9.17) is 9.84 Å². The van der Waals surface area contributed by atoms with Crippen LogP contribution in [0, 0.1) is 5.92 Å². The summed E-state index contributed by atoms with van der Waals surface area (Å²) in [6.07, 6.45) is 1.37. The van der Waals surface area contributed by atoms with Crippen LogP contribution in [-0.4, -0.2) is 30.3 Å². The summed E-state index contributed by atoms with van der Waals surface area (Å²) in [7, 11) is 0. The van der Waals surface area contributed by atoms with Crippen molar-refractivity contribution in [3.8, 4) is 5.75 Å². The van der Waals surface area contributed by atoms with Crippen molar-refractivity contribution in [2.75, 3.05) is 13.2 Å². The fraction of sp³-hybridized carbons (Fsp3) is 0.462. The molecule has 1 aromatic carbocycles. The first kappa shape index (κ1) is 14.8. The fourth-order valence-electron chi connectivity index (χ4n) is 1.91. The van der Waals surface area contributed by atoms with Crippen LogP contribution in [-0.2, 0) is 4.79 Å². The number of carbonyl (C=O) groups excluding carboxylic acids is 1. The fourth-order valence-corrected chi connectivity index (χ4v) is 3.07. The predicted molar refractivity (Wildman–Crippen MR) is 79.1 cm³/mol. The van der Waals surface area contributed by atoms with E-state index in [0.717, 1.165) is 21.8 Å². The Hall–Kier alpha value is -0.590. The number of hydrogen-bond donors (Lipinski definition) is 2. The number of carbonyl (C=O) groups is 1. The van der Waals surface area contributed by atoms with Crippen molar-refractivity contribution in [1.29, 1.82) is 0 Å². The molecule has 1 amide bonds. The third-order valence-corrected chi connectivity index (χ3v) is 4.16. The third-order valence-electron chi connectivity index (χ3n) is 3.05. The number of rotatable bonds is 5. The highest BCUT2D eigenvalue weighted by molar-refractivity contribution is 9.11. The van der Waals surface area contributed by atoms with Crippen LogP contribution in [0.25, 0.3) is 0 Å². The lowest BCUT2D eigenvalue weighted by Gasteiger charge is -2.31. The van der Waals surface area contributed by atoms with Gasteiger partial charge in [0.05, 0.1) is 10.6 Å². The van der Waals surface area contributed by atoms with Gasteiger partial charge in [0, 0.05) is 11.0 Å². The zero-order valence-corrected chi connectivity index (χ0v) is 13.4. The highest BCUT2D eigenvalue weighted by atomic mass is 79.9. The minimum absolute atomic E-state index is 0.00446. The molecule has 104 valence electrons. The molecule has 0 radical (unpaired) electrons. The molecule has 4 nitrogen and oxygen atoms in total. The maximum absolute atomic E-state index is 11.6. The number of nitrogens with one attached hydrogen (secondary N) is 1. The molecular weight excluding hydrogens is 378 g/mol. The lowest BCUT2D eigenvalue weighted by atomic mass is 9.82. The van der Waals surface area contributed by atoms with Crippen LogP contribution in [0.15, 0.2) is 27.1 Å². The van der Waals surface area contributed by atoms with Crippen molar-refractivity contribution in [1.82, 2.24) is 5.32 Å². The highest BCUT2D eigenvalue weighted by Crippen LogP contribution is 2.28. The van der Waals surface area contributed by atoms with Gasteiger partial charge in [0.15, 0.2) is 6.61 Å². The zero-order valence-electron chi connectivity index (χ0n) is 10.2. The molecule has 1 aromatic rings. The predicted octanol–water partition coefficient (Wildman–Crippen LogP) is 2.48. The first-order valence-corrected chi connectivity index (χ1v) is 7.66. The second-order valence-electron chi connectivity index (χ2n) is 4.66. The second-order valence-corrected chi connectivity index (χ2v) is 6.43. The summed E-state index contributed by atoms with van der Waals surface area (Å²) in [5.74, 6) is 0.895. The lowest BCUT2D eigenvalue weighted by molar-refractivity contribution is -0.123. The Morgan fingerprint density at radius 3 is 2.79 bits per heavy atom. The van der Waals surface area contributed by atoms with Crippen molar-refractivity contribution >= 4 is 37.8 Å². The summed E-state index contributed by atoms with van der Waals surface area (Å²) in [6.45, 7) is 0.607. The average molecular weight is 393 g/mol. The van der Waals surface area contributed by atoms with E-state index < -0.39 is 0 Å². The Kier molecular flexibility index (Phi) is 5.24. The van der Waals surface area contributed by atoms with Gasteiger partial charge in [-0.1, -0.05) is 15.9 Å². The Balaban J connectivity index is 1.71. The van der Waals surface area contributed by atoms with E-state index in [2.05, 4.69) is 37.2 Å². The van der Waals surface area contributed by atoms with Crippen LogP contribution >= 0.6 is 31.9 Å². The minimum Gasteiger partial charge on any atom is -0.483 e. The molecule has 6 heteroatoms. The normalized spacial score (nSPS) is 21.6. The lowest BCUT2D eigenvalue weighted by Crippen LogP contribution is -2.39. The second kappa shape index (κ2) is 6.72. The van der Waals surface area contributed by atoms with E-state index in [-0.39, 0.29) is 18.6 Å². The molecule has 0 aromatic heterocycles. The quantitative estimate of drug-likeness (QED) is 0.809. The Labute approximate surface area is 128 Å². The van der Waals surface area contributed by atoms with Crippen LogP contribution in [0.2, 0.25) is 0 Å². The van der Waals surface area contributed by atoms with Gasteiger partial charge < -0.3 is 15.2 Å². The molecule has 2 N–H and O–H groups in total. The molecule has 1 fully saturated rings. The topological polar surface area (TPSA) is 58.6 Å². The SMILES string of the molecule is O=C(COc1ccc(Br)cc1Br)NCC1CC(O)C1. The number of amides is 1. The van der Waals surface area contributed by atoms with Gasteiger partial charge >= 0.3 is 0 Å². The van der Waals surface area contributed by atoms with E-state index in [9.17, 15) is 4.79 Å². The van der Waals surface area contributed by atoms with Gasteiger partial charge in [-0.3, -0.25) is 4.79 Å². The zero-order chi connectivity index (χ0) is 13.8. The number of halogens is 2. The molecule has 1 aliphatic carbocycles. The molecule has 2 rings (SSSR count). The molecule has 19 heavy (non-hydrogen) atoms. The molecule has 0 unspecified atom stereocenters. The van der Waals surface area contributed by atoms with E-state index in [1.54, 1.807) is 6.07 Å². The van der Waals surface area contributed by atoms with E-state index in [1.165, 1.54) is 0 Å². The van der Waals surface area contributed by atoms with Crippen molar-refractivity contribution in [2.24, 2.45) is 5.92 Å². The molecule has 0 aliphatic heterocycles. The van der Waals surface area contributed by atoms with Gasteiger partial charge in [-0.15, -0.1) is 0 Å². The van der Waals surface area contributed by atoms with Crippen LogP contribution in [0.1, 0.15) is 12.8 Å². The molecule has 0 heterocycles. The van der Waals surface area contributed by atoms with Gasteiger partial charge in [-0.05, 0) is 52.9 Å². The summed E-state index contributed by atoms with van der Waals surface area (Å²) in [5, 5.41) is 11.9. The average Bonchev–Trinajstić information content (AvgIpc) is 2.32. The number of benzene rings is 1. The number of aliphatic hydroxyl groups excluding tert-OH is 1. The smallest absolute Gasteiger partial charge is 0.257 e. The number of aliphatic hydroxyl groups is 1. The third kappa shape index (κ3) is 4.47. The minimum atomic E-state index is -0.183. The van der Waals surface area contributed by atoms with Gasteiger partial charge in [0.25, 0.3) is 5.91 Å². The largest absolute Gasteiger partial charge is 0.483 e. The first-order valence-electron chi connectivity index (χ1n) is 6.07. The maximum atomic E-state index is 11.6. The van der Waals surface area contributed by atoms with E-state index in [1.807, 2.05) is 12.1 Å². The Morgan fingerprint density at radius 1 is 1.42 bits per heavy atom. The maximum Gasteiger partial charge on any atom is 0.257 e. The molecular formula is C13H15Br2NO3. The molecule has 1 saturated carbocycles. The highest BCUT2D eigenvalue weighted by Gasteiger charge is 2.27. The summed E-state index contributed by atoms with van der Waals surface area (Å²) in [5.41, 5.74) is 0. The van der Waals surface area contributed by atoms with E-state index in [0.29, 0.717) is 18.2 Å². The molecule has 1 aliphatic rings.